The molecule has 0 fully saturated rings. The van der Waals surface area contributed by atoms with Crippen molar-refractivity contribution < 1.29 is 0 Å². The van der Waals surface area contributed by atoms with Gasteiger partial charge in [-0.3, -0.25) is 0 Å². The van der Waals surface area contributed by atoms with Gasteiger partial charge < -0.3 is 9.47 Å². The summed E-state index contributed by atoms with van der Waals surface area (Å²) in [4.78, 5) is 6.87. The highest BCUT2D eigenvalue weighted by atomic mass is 35.5. The first kappa shape index (κ1) is 14.8. The molecule has 1 aromatic heterocycles. The highest BCUT2D eigenvalue weighted by Crippen LogP contribution is 2.20. The number of benzene rings is 1. The summed E-state index contributed by atoms with van der Waals surface area (Å²) in [6.07, 6.45) is 0.719. The van der Waals surface area contributed by atoms with Gasteiger partial charge in [-0.25, -0.2) is 4.98 Å². The summed E-state index contributed by atoms with van der Waals surface area (Å²) >= 11 is 5.87. The van der Waals surface area contributed by atoms with E-state index in [0.717, 1.165) is 42.9 Å². The summed E-state index contributed by atoms with van der Waals surface area (Å²) in [5.41, 5.74) is 2.43. The summed E-state index contributed by atoms with van der Waals surface area (Å²) in [5, 5.41) is 9.19. The Morgan fingerprint density at radius 3 is 2.90 bits per heavy atom. The second kappa shape index (κ2) is 6.74. The van der Waals surface area contributed by atoms with Gasteiger partial charge in [0.25, 0.3) is 0 Å². The number of fused-ring (bicyclic) bond motifs is 1. The third-order valence-electron chi connectivity index (χ3n) is 3.54. The Morgan fingerprint density at radius 2 is 2.25 bits per heavy atom. The van der Waals surface area contributed by atoms with E-state index in [1.165, 1.54) is 0 Å². The molecule has 0 saturated carbocycles. The first-order chi connectivity index (χ1) is 9.71. The Balaban J connectivity index is 2.44. The lowest BCUT2D eigenvalue weighted by Crippen LogP contribution is -2.23. The number of likely N-dealkylation sites (N-methyl/N-ethyl adjacent to an activating group) is 1. The Morgan fingerprint density at radius 1 is 1.45 bits per heavy atom. The summed E-state index contributed by atoms with van der Waals surface area (Å²) in [5.74, 6) is 1.50. The van der Waals surface area contributed by atoms with Gasteiger partial charge in [-0.05, 0) is 25.7 Å². The molecule has 20 heavy (non-hydrogen) atoms. The van der Waals surface area contributed by atoms with Crippen LogP contribution < -0.4 is 0 Å². The van der Waals surface area contributed by atoms with Crippen molar-refractivity contribution in [1.82, 2.24) is 14.5 Å². The van der Waals surface area contributed by atoms with Crippen LogP contribution in [0.25, 0.3) is 11.0 Å². The number of hydrogen-bond donors (Lipinski definition) is 0. The Hall–Kier alpha value is -1.57. The average Bonchev–Trinajstić information content (AvgIpc) is 2.82. The molecule has 0 aliphatic heterocycles. The van der Waals surface area contributed by atoms with Gasteiger partial charge in [-0.2, -0.15) is 5.26 Å². The Bertz CT molecular complexity index is 627. The molecule has 0 N–H and O–H groups in total. The minimum absolute atomic E-state index is 0.537. The van der Waals surface area contributed by atoms with E-state index in [1.807, 2.05) is 18.2 Å². The molecule has 0 unspecified atom stereocenters. The van der Waals surface area contributed by atoms with Crippen LogP contribution in [0.15, 0.2) is 18.2 Å². The zero-order chi connectivity index (χ0) is 14.5. The van der Waals surface area contributed by atoms with E-state index >= 15 is 0 Å². The van der Waals surface area contributed by atoms with Gasteiger partial charge in [-0.15, -0.1) is 11.6 Å². The average molecular weight is 291 g/mol. The number of imidazole rings is 1. The lowest BCUT2D eigenvalue weighted by atomic mass is 10.2. The van der Waals surface area contributed by atoms with Crippen molar-refractivity contribution in [2.45, 2.75) is 19.9 Å². The molecular formula is C15H19ClN4. The summed E-state index contributed by atoms with van der Waals surface area (Å²) < 4.78 is 2.19. The second-order valence-corrected chi connectivity index (χ2v) is 5.18. The lowest BCUT2D eigenvalue weighted by molar-refractivity contribution is 0.335. The van der Waals surface area contributed by atoms with E-state index in [-0.39, 0.29) is 0 Å². The maximum Gasteiger partial charge on any atom is 0.111 e. The molecule has 0 saturated heterocycles. The van der Waals surface area contributed by atoms with Crippen LogP contribution in [-0.4, -0.2) is 40.5 Å². The fourth-order valence-electron chi connectivity index (χ4n) is 2.24. The highest BCUT2D eigenvalue weighted by Gasteiger charge is 2.13. The van der Waals surface area contributed by atoms with Crippen LogP contribution in [0.5, 0.6) is 0 Å². The van der Waals surface area contributed by atoms with Crippen molar-refractivity contribution in [1.29, 1.82) is 5.26 Å². The third kappa shape index (κ3) is 2.95. The van der Waals surface area contributed by atoms with Crippen LogP contribution in [0.2, 0.25) is 0 Å². The summed E-state index contributed by atoms with van der Waals surface area (Å²) in [6.45, 7) is 4.97. The fourth-order valence-corrected chi connectivity index (χ4v) is 2.41. The molecule has 2 rings (SSSR count). The number of alkyl halides is 1. The van der Waals surface area contributed by atoms with Crippen molar-refractivity contribution in [2.24, 2.45) is 0 Å². The fraction of sp³-hybridized carbons (Fsp3) is 0.467. The summed E-state index contributed by atoms with van der Waals surface area (Å²) in [7, 11) is 2.10. The quantitative estimate of drug-likeness (QED) is 0.768. The van der Waals surface area contributed by atoms with E-state index < -0.39 is 0 Å². The first-order valence-electron chi connectivity index (χ1n) is 6.84. The molecule has 0 aliphatic rings. The molecule has 1 aromatic carbocycles. The standard InChI is InChI=1S/C15H19ClN4/c1-3-19(2)9-10-20-13-6-4-5-12(11-17)15(13)18-14(20)7-8-16/h4-6H,3,7-10H2,1-2H3. The van der Waals surface area contributed by atoms with Crippen molar-refractivity contribution in [3.8, 4) is 6.07 Å². The molecular weight excluding hydrogens is 272 g/mol. The van der Waals surface area contributed by atoms with E-state index in [2.05, 4.69) is 34.5 Å². The zero-order valence-corrected chi connectivity index (χ0v) is 12.7. The molecule has 0 atom stereocenters. The molecule has 0 spiro atoms. The number of nitriles is 1. The van der Waals surface area contributed by atoms with Gasteiger partial charge in [0.05, 0.1) is 11.1 Å². The molecule has 5 heteroatoms. The van der Waals surface area contributed by atoms with E-state index in [0.29, 0.717) is 11.4 Å². The van der Waals surface area contributed by atoms with Gasteiger partial charge >= 0.3 is 0 Å². The van der Waals surface area contributed by atoms with Crippen LogP contribution in [-0.2, 0) is 13.0 Å². The van der Waals surface area contributed by atoms with Crippen molar-refractivity contribution in [3.05, 3.63) is 29.6 Å². The van der Waals surface area contributed by atoms with Gasteiger partial charge in [0.15, 0.2) is 0 Å². The second-order valence-electron chi connectivity index (χ2n) is 4.80. The number of rotatable bonds is 6. The van der Waals surface area contributed by atoms with E-state index in [1.54, 1.807) is 0 Å². The molecule has 106 valence electrons. The predicted octanol–water partition coefficient (Wildman–Crippen LogP) is 2.64. The van der Waals surface area contributed by atoms with E-state index in [9.17, 15) is 5.26 Å². The SMILES string of the molecule is CCN(C)CCn1c(CCCl)nc2c(C#N)cccc21. The number of halogens is 1. The van der Waals surface area contributed by atoms with Crippen LogP contribution in [0.1, 0.15) is 18.3 Å². The van der Waals surface area contributed by atoms with Gasteiger partial charge in [0, 0.05) is 25.4 Å². The topological polar surface area (TPSA) is 44.9 Å². The van der Waals surface area contributed by atoms with E-state index in [4.69, 9.17) is 11.6 Å². The van der Waals surface area contributed by atoms with Gasteiger partial charge in [0.2, 0.25) is 0 Å². The zero-order valence-electron chi connectivity index (χ0n) is 11.9. The normalized spacial score (nSPS) is 11.2. The minimum atomic E-state index is 0.537. The maximum atomic E-state index is 9.19. The smallest absolute Gasteiger partial charge is 0.111 e. The van der Waals surface area contributed by atoms with Crippen molar-refractivity contribution in [2.75, 3.05) is 26.0 Å². The maximum absolute atomic E-state index is 9.19. The van der Waals surface area contributed by atoms with Crippen LogP contribution in [0.3, 0.4) is 0 Å². The molecule has 1 heterocycles. The van der Waals surface area contributed by atoms with Gasteiger partial charge in [0.1, 0.15) is 17.4 Å². The van der Waals surface area contributed by atoms with Crippen LogP contribution >= 0.6 is 11.6 Å². The lowest BCUT2D eigenvalue weighted by Gasteiger charge is -2.15. The summed E-state index contributed by atoms with van der Waals surface area (Å²) in [6, 6.07) is 7.95. The van der Waals surface area contributed by atoms with Crippen molar-refractivity contribution >= 4 is 22.6 Å². The number of para-hydroxylation sites is 1. The van der Waals surface area contributed by atoms with Crippen LogP contribution in [0, 0.1) is 11.3 Å². The van der Waals surface area contributed by atoms with Crippen molar-refractivity contribution in [3.63, 3.8) is 0 Å². The highest BCUT2D eigenvalue weighted by molar-refractivity contribution is 6.17. The monoisotopic (exact) mass is 290 g/mol. The molecule has 0 aliphatic carbocycles. The molecule has 0 amide bonds. The molecule has 0 bridgehead atoms. The third-order valence-corrected chi connectivity index (χ3v) is 3.73. The Kier molecular flexibility index (Phi) is 4.99. The number of aryl methyl sites for hydroxylation is 1. The largest absolute Gasteiger partial charge is 0.327 e. The minimum Gasteiger partial charge on any atom is -0.327 e. The Labute approximate surface area is 124 Å². The first-order valence-corrected chi connectivity index (χ1v) is 7.37. The molecule has 0 radical (unpaired) electrons. The number of aromatic nitrogens is 2. The number of nitrogens with zero attached hydrogens (tertiary/aromatic N) is 4. The number of hydrogen-bond acceptors (Lipinski definition) is 3. The molecule has 2 aromatic rings. The molecule has 4 nitrogen and oxygen atoms in total. The van der Waals surface area contributed by atoms with Gasteiger partial charge in [-0.1, -0.05) is 13.0 Å². The van der Waals surface area contributed by atoms with Crippen LogP contribution in [0.4, 0.5) is 0 Å². The predicted molar refractivity (Wildman–Crippen MR) is 82.0 cm³/mol.